The maximum Gasteiger partial charge on any atom is 0.228 e. The Balaban J connectivity index is 1.55. The number of hydrogen-bond acceptors (Lipinski definition) is 6. The SMILES string of the molecule is CCC(=O)N(c1nn(CN2CCc3sccc3[C@@H]2C)c(=S)s1)C1CC1. The van der Waals surface area contributed by atoms with Crippen LogP contribution in [0.15, 0.2) is 11.4 Å². The number of fused-ring (bicyclic) bond motifs is 1. The highest BCUT2D eigenvalue weighted by atomic mass is 32.1. The number of hydrogen-bond donors (Lipinski definition) is 0. The molecule has 0 radical (unpaired) electrons. The molecule has 1 amide bonds. The van der Waals surface area contributed by atoms with Crippen LogP contribution in [-0.2, 0) is 17.9 Å². The number of nitrogens with zero attached hydrogens (tertiary/aromatic N) is 4. The molecule has 1 aliphatic heterocycles. The van der Waals surface area contributed by atoms with Crippen molar-refractivity contribution in [2.45, 2.75) is 58.3 Å². The molecule has 1 aliphatic carbocycles. The number of carbonyl (C=O) groups excluding carboxylic acids is 1. The van der Waals surface area contributed by atoms with Crippen molar-refractivity contribution in [3.8, 4) is 0 Å². The highest BCUT2D eigenvalue weighted by Crippen LogP contribution is 2.35. The lowest BCUT2D eigenvalue weighted by Gasteiger charge is -2.33. The molecule has 1 saturated carbocycles. The van der Waals surface area contributed by atoms with Crippen molar-refractivity contribution in [3.05, 3.63) is 25.8 Å². The molecule has 2 aliphatic rings. The molecule has 134 valence electrons. The third-order valence-electron chi connectivity index (χ3n) is 5.00. The van der Waals surface area contributed by atoms with Crippen molar-refractivity contribution in [1.82, 2.24) is 14.7 Å². The van der Waals surface area contributed by atoms with Gasteiger partial charge in [0.1, 0.15) is 0 Å². The van der Waals surface area contributed by atoms with E-state index in [9.17, 15) is 4.79 Å². The molecule has 1 atom stereocenters. The largest absolute Gasteiger partial charge is 0.284 e. The van der Waals surface area contributed by atoms with E-state index in [2.05, 4.69) is 23.3 Å². The summed E-state index contributed by atoms with van der Waals surface area (Å²) in [6.45, 7) is 5.86. The van der Waals surface area contributed by atoms with Gasteiger partial charge in [-0.2, -0.15) is 0 Å². The Morgan fingerprint density at radius 2 is 2.28 bits per heavy atom. The number of rotatable bonds is 5. The highest BCUT2D eigenvalue weighted by molar-refractivity contribution is 7.73. The molecule has 0 bridgehead atoms. The molecule has 4 rings (SSSR count). The lowest BCUT2D eigenvalue weighted by molar-refractivity contribution is -0.118. The standard InChI is InChI=1S/C17H22N4OS3/c1-3-15(22)21(12-4-5-12)16-18-20(17(23)25-16)10-19-8-6-14-13(11(19)2)7-9-24-14/h7,9,11-12H,3-6,8,10H2,1-2H3/t11-/m0/s1. The molecule has 2 aromatic heterocycles. The summed E-state index contributed by atoms with van der Waals surface area (Å²) in [5, 5.41) is 7.66. The number of carbonyl (C=O) groups is 1. The number of amides is 1. The Kier molecular flexibility index (Phi) is 4.79. The fraction of sp³-hybridized carbons (Fsp3) is 0.588. The molecule has 0 saturated heterocycles. The number of anilines is 1. The Bertz CT molecular complexity index is 835. The lowest BCUT2D eigenvalue weighted by atomic mass is 10.0. The Labute approximate surface area is 160 Å². The average molecular weight is 395 g/mol. The van der Waals surface area contributed by atoms with Crippen LogP contribution in [0, 0.1) is 3.95 Å². The van der Waals surface area contributed by atoms with Crippen LogP contribution in [-0.4, -0.2) is 33.2 Å². The van der Waals surface area contributed by atoms with Gasteiger partial charge in [0, 0.05) is 29.9 Å². The van der Waals surface area contributed by atoms with Gasteiger partial charge in [-0.3, -0.25) is 14.6 Å². The van der Waals surface area contributed by atoms with E-state index in [-0.39, 0.29) is 5.91 Å². The normalized spacial score (nSPS) is 20.5. The van der Waals surface area contributed by atoms with Gasteiger partial charge in [0.05, 0.1) is 6.67 Å². The minimum Gasteiger partial charge on any atom is -0.284 e. The Morgan fingerprint density at radius 3 is 3.00 bits per heavy atom. The summed E-state index contributed by atoms with van der Waals surface area (Å²) in [5.41, 5.74) is 1.43. The minimum atomic E-state index is 0.146. The fourth-order valence-corrected chi connectivity index (χ4v) is 5.51. The van der Waals surface area contributed by atoms with E-state index in [0.717, 1.165) is 34.9 Å². The summed E-state index contributed by atoms with van der Waals surface area (Å²) in [5.74, 6) is 0.146. The summed E-state index contributed by atoms with van der Waals surface area (Å²) in [7, 11) is 0. The maximum atomic E-state index is 12.3. The van der Waals surface area contributed by atoms with Crippen molar-refractivity contribution in [2.75, 3.05) is 11.4 Å². The zero-order chi connectivity index (χ0) is 17.6. The van der Waals surface area contributed by atoms with Crippen molar-refractivity contribution in [2.24, 2.45) is 0 Å². The molecular weight excluding hydrogens is 372 g/mol. The molecule has 1 fully saturated rings. The maximum absolute atomic E-state index is 12.3. The second-order valence-electron chi connectivity index (χ2n) is 6.68. The third kappa shape index (κ3) is 3.32. The molecule has 8 heteroatoms. The smallest absolute Gasteiger partial charge is 0.228 e. The summed E-state index contributed by atoms with van der Waals surface area (Å²) >= 11 is 8.86. The van der Waals surface area contributed by atoms with E-state index >= 15 is 0 Å². The predicted molar refractivity (Wildman–Crippen MR) is 105 cm³/mol. The van der Waals surface area contributed by atoms with E-state index in [4.69, 9.17) is 17.3 Å². The number of thiophene rings is 1. The second-order valence-corrected chi connectivity index (χ2v) is 9.28. The van der Waals surface area contributed by atoms with E-state index in [1.807, 2.05) is 27.8 Å². The first-order chi connectivity index (χ1) is 12.1. The van der Waals surface area contributed by atoms with Crippen LogP contribution in [0.3, 0.4) is 0 Å². The summed E-state index contributed by atoms with van der Waals surface area (Å²) in [4.78, 5) is 18.1. The molecule has 0 aromatic carbocycles. The van der Waals surface area contributed by atoms with Crippen molar-refractivity contribution < 1.29 is 4.79 Å². The molecular formula is C17H22N4OS3. The van der Waals surface area contributed by atoms with Gasteiger partial charge < -0.3 is 0 Å². The monoisotopic (exact) mass is 394 g/mol. The van der Waals surface area contributed by atoms with E-state index < -0.39 is 0 Å². The summed E-state index contributed by atoms with van der Waals surface area (Å²) in [6, 6.07) is 2.93. The van der Waals surface area contributed by atoms with Gasteiger partial charge in [-0.25, -0.2) is 4.68 Å². The van der Waals surface area contributed by atoms with Gasteiger partial charge in [-0.05, 0) is 55.4 Å². The average Bonchev–Trinajstić information content (AvgIpc) is 3.19. The van der Waals surface area contributed by atoms with Crippen molar-refractivity contribution in [1.29, 1.82) is 0 Å². The van der Waals surface area contributed by atoms with Crippen LogP contribution < -0.4 is 4.90 Å². The first-order valence-electron chi connectivity index (χ1n) is 8.78. The van der Waals surface area contributed by atoms with E-state index in [1.54, 1.807) is 0 Å². The quantitative estimate of drug-likeness (QED) is 0.712. The molecule has 0 N–H and O–H groups in total. The molecule has 0 unspecified atom stereocenters. The number of aromatic nitrogens is 2. The van der Waals surface area contributed by atoms with Gasteiger partial charge in [0.2, 0.25) is 11.0 Å². The molecule has 2 aromatic rings. The van der Waals surface area contributed by atoms with Gasteiger partial charge >= 0.3 is 0 Å². The zero-order valence-electron chi connectivity index (χ0n) is 14.5. The van der Waals surface area contributed by atoms with Gasteiger partial charge in [-0.15, -0.1) is 16.4 Å². The van der Waals surface area contributed by atoms with Gasteiger partial charge in [0.25, 0.3) is 0 Å². The Morgan fingerprint density at radius 1 is 1.48 bits per heavy atom. The topological polar surface area (TPSA) is 41.4 Å². The van der Waals surface area contributed by atoms with Gasteiger partial charge in [0.15, 0.2) is 3.95 Å². The van der Waals surface area contributed by atoms with Crippen molar-refractivity contribution in [3.63, 3.8) is 0 Å². The van der Waals surface area contributed by atoms with Gasteiger partial charge in [-0.1, -0.05) is 18.3 Å². The van der Waals surface area contributed by atoms with Crippen molar-refractivity contribution >= 4 is 45.9 Å². The second kappa shape index (κ2) is 6.90. The summed E-state index contributed by atoms with van der Waals surface area (Å²) in [6.07, 6.45) is 3.74. The minimum absolute atomic E-state index is 0.146. The van der Waals surface area contributed by atoms with E-state index in [0.29, 0.717) is 25.2 Å². The van der Waals surface area contributed by atoms with Crippen LogP contribution in [0.2, 0.25) is 0 Å². The molecule has 0 spiro atoms. The molecule has 3 heterocycles. The van der Waals surface area contributed by atoms with Crippen LogP contribution >= 0.6 is 34.9 Å². The zero-order valence-corrected chi connectivity index (χ0v) is 16.9. The molecule has 5 nitrogen and oxygen atoms in total. The summed E-state index contributed by atoms with van der Waals surface area (Å²) < 4.78 is 2.63. The third-order valence-corrected chi connectivity index (χ3v) is 7.31. The molecule has 25 heavy (non-hydrogen) atoms. The lowest BCUT2D eigenvalue weighted by Crippen LogP contribution is -2.35. The van der Waals surface area contributed by atoms with Crippen LogP contribution in [0.1, 0.15) is 49.6 Å². The van der Waals surface area contributed by atoms with E-state index in [1.165, 1.54) is 21.8 Å². The first-order valence-corrected chi connectivity index (χ1v) is 10.9. The Hall–Kier alpha value is -1.09. The van der Waals surface area contributed by atoms with Crippen LogP contribution in [0.4, 0.5) is 5.13 Å². The van der Waals surface area contributed by atoms with Crippen LogP contribution in [0.5, 0.6) is 0 Å². The highest BCUT2D eigenvalue weighted by Gasteiger charge is 2.35. The predicted octanol–water partition coefficient (Wildman–Crippen LogP) is 4.22. The first kappa shape index (κ1) is 17.3. The van der Waals surface area contributed by atoms with Crippen LogP contribution in [0.25, 0.3) is 0 Å². The fourth-order valence-electron chi connectivity index (χ4n) is 3.38.